The molecule has 2 rings (SSSR count). The number of hydrogen-bond donors (Lipinski definition) is 1. The number of aryl methyl sites for hydroxylation is 2. The topological polar surface area (TPSA) is 46.5 Å². The predicted octanol–water partition coefficient (Wildman–Crippen LogP) is 4.33. The van der Waals surface area contributed by atoms with Crippen molar-refractivity contribution in [1.29, 1.82) is 0 Å². The molecular formula is C16H15ClO3. The van der Waals surface area contributed by atoms with Crippen LogP contribution in [0.15, 0.2) is 30.3 Å². The predicted molar refractivity (Wildman–Crippen MR) is 79.9 cm³/mol. The number of carboxylic acid groups (broad SMARTS) is 1. The third-order valence-corrected chi connectivity index (χ3v) is 3.42. The van der Waals surface area contributed by atoms with Crippen LogP contribution < -0.4 is 4.74 Å². The van der Waals surface area contributed by atoms with E-state index in [9.17, 15) is 4.79 Å². The van der Waals surface area contributed by atoms with Crippen LogP contribution in [0.25, 0.3) is 11.1 Å². The number of aromatic carboxylic acids is 1. The Morgan fingerprint density at radius 1 is 1.10 bits per heavy atom. The second kappa shape index (κ2) is 5.55. The van der Waals surface area contributed by atoms with Crippen LogP contribution in [-0.4, -0.2) is 18.2 Å². The molecule has 2 aromatic rings. The first-order valence-corrected chi connectivity index (χ1v) is 6.49. The molecule has 0 spiro atoms. The molecule has 0 bridgehead atoms. The van der Waals surface area contributed by atoms with Crippen molar-refractivity contribution in [3.8, 4) is 16.9 Å². The number of carboxylic acids is 1. The first-order chi connectivity index (χ1) is 9.42. The summed E-state index contributed by atoms with van der Waals surface area (Å²) in [4.78, 5) is 11.1. The fraction of sp³-hybridized carbons (Fsp3) is 0.188. The molecule has 0 aromatic heterocycles. The first-order valence-electron chi connectivity index (χ1n) is 6.12. The van der Waals surface area contributed by atoms with Gasteiger partial charge >= 0.3 is 5.97 Å². The molecule has 0 atom stereocenters. The number of carbonyl (C=O) groups is 1. The maximum Gasteiger partial charge on any atom is 0.335 e. The largest absolute Gasteiger partial charge is 0.496 e. The molecule has 0 aliphatic heterocycles. The highest BCUT2D eigenvalue weighted by Gasteiger charge is 2.11. The minimum atomic E-state index is -0.989. The molecule has 0 fully saturated rings. The van der Waals surface area contributed by atoms with E-state index in [1.165, 1.54) is 6.07 Å². The normalized spacial score (nSPS) is 10.4. The van der Waals surface area contributed by atoms with E-state index in [0.717, 1.165) is 28.0 Å². The average Bonchev–Trinajstić information content (AvgIpc) is 2.40. The van der Waals surface area contributed by atoms with Crippen molar-refractivity contribution in [2.24, 2.45) is 0 Å². The number of methoxy groups -OCH3 is 1. The molecule has 0 heterocycles. The van der Waals surface area contributed by atoms with E-state index in [4.69, 9.17) is 21.4 Å². The van der Waals surface area contributed by atoms with E-state index >= 15 is 0 Å². The SMILES string of the molecule is COc1cc(C)c(-c2cc(Cl)cc(C(=O)O)c2)cc1C. The van der Waals surface area contributed by atoms with Gasteiger partial charge in [-0.15, -0.1) is 0 Å². The number of hydrogen-bond acceptors (Lipinski definition) is 2. The maximum atomic E-state index is 11.1. The highest BCUT2D eigenvalue weighted by Crippen LogP contribution is 2.32. The van der Waals surface area contributed by atoms with Crippen LogP contribution in [0.5, 0.6) is 5.75 Å². The van der Waals surface area contributed by atoms with Gasteiger partial charge in [0.1, 0.15) is 5.75 Å². The second-order valence-corrected chi connectivity index (χ2v) is 5.11. The average molecular weight is 291 g/mol. The Kier molecular flexibility index (Phi) is 4.00. The summed E-state index contributed by atoms with van der Waals surface area (Å²) in [7, 11) is 1.63. The Hall–Kier alpha value is -2.00. The van der Waals surface area contributed by atoms with Crippen LogP contribution in [-0.2, 0) is 0 Å². The quantitative estimate of drug-likeness (QED) is 0.915. The van der Waals surface area contributed by atoms with Crippen molar-refractivity contribution in [3.63, 3.8) is 0 Å². The summed E-state index contributed by atoms with van der Waals surface area (Å²) in [5.74, 6) is -0.177. The van der Waals surface area contributed by atoms with Crippen molar-refractivity contribution < 1.29 is 14.6 Å². The molecular weight excluding hydrogens is 276 g/mol. The summed E-state index contributed by atoms with van der Waals surface area (Å²) in [6, 6.07) is 8.75. The van der Waals surface area contributed by atoms with Crippen molar-refractivity contribution >= 4 is 17.6 Å². The van der Waals surface area contributed by atoms with Crippen LogP contribution in [0.2, 0.25) is 5.02 Å². The van der Waals surface area contributed by atoms with Gasteiger partial charge in [-0.05, 0) is 66.4 Å². The second-order valence-electron chi connectivity index (χ2n) is 4.67. The zero-order chi connectivity index (χ0) is 14.9. The Morgan fingerprint density at radius 3 is 2.40 bits per heavy atom. The van der Waals surface area contributed by atoms with Gasteiger partial charge in [-0.3, -0.25) is 0 Å². The van der Waals surface area contributed by atoms with Crippen LogP contribution in [0.4, 0.5) is 0 Å². The Balaban J connectivity index is 2.62. The van der Waals surface area contributed by atoms with Gasteiger partial charge in [0.05, 0.1) is 12.7 Å². The number of ether oxygens (including phenoxy) is 1. The highest BCUT2D eigenvalue weighted by atomic mass is 35.5. The molecule has 1 N–H and O–H groups in total. The van der Waals surface area contributed by atoms with Crippen LogP contribution in [0.3, 0.4) is 0 Å². The summed E-state index contributed by atoms with van der Waals surface area (Å²) in [5, 5.41) is 9.52. The standard InChI is InChI=1S/C16H15ClO3/c1-9-5-15(20-3)10(2)4-14(9)11-6-12(16(18)19)8-13(17)7-11/h4-8H,1-3H3,(H,18,19). The van der Waals surface area contributed by atoms with Crippen molar-refractivity contribution in [2.75, 3.05) is 7.11 Å². The fourth-order valence-electron chi connectivity index (χ4n) is 2.19. The zero-order valence-electron chi connectivity index (χ0n) is 11.5. The van der Waals surface area contributed by atoms with E-state index in [2.05, 4.69) is 0 Å². The summed E-state index contributed by atoms with van der Waals surface area (Å²) in [6.45, 7) is 3.91. The van der Waals surface area contributed by atoms with Crippen LogP contribution >= 0.6 is 11.6 Å². The number of halogens is 1. The van der Waals surface area contributed by atoms with Gasteiger partial charge in [-0.1, -0.05) is 11.6 Å². The van der Waals surface area contributed by atoms with Gasteiger partial charge in [-0.25, -0.2) is 4.79 Å². The molecule has 0 aliphatic carbocycles. The lowest BCUT2D eigenvalue weighted by molar-refractivity contribution is 0.0697. The molecule has 3 nitrogen and oxygen atoms in total. The molecule has 0 saturated heterocycles. The van der Waals surface area contributed by atoms with E-state index in [-0.39, 0.29) is 5.56 Å². The highest BCUT2D eigenvalue weighted by molar-refractivity contribution is 6.31. The van der Waals surface area contributed by atoms with Gasteiger partial charge in [0.15, 0.2) is 0 Å². The van der Waals surface area contributed by atoms with Gasteiger partial charge in [-0.2, -0.15) is 0 Å². The summed E-state index contributed by atoms with van der Waals surface area (Å²) < 4.78 is 5.28. The lowest BCUT2D eigenvalue weighted by Crippen LogP contribution is -1.97. The minimum Gasteiger partial charge on any atom is -0.496 e. The fourth-order valence-corrected chi connectivity index (χ4v) is 2.42. The van der Waals surface area contributed by atoms with E-state index in [0.29, 0.717) is 5.02 Å². The smallest absolute Gasteiger partial charge is 0.335 e. The molecule has 4 heteroatoms. The minimum absolute atomic E-state index is 0.181. The molecule has 0 radical (unpaired) electrons. The lowest BCUT2D eigenvalue weighted by Gasteiger charge is -2.12. The van der Waals surface area contributed by atoms with Gasteiger partial charge in [0.25, 0.3) is 0 Å². The number of rotatable bonds is 3. The van der Waals surface area contributed by atoms with E-state index < -0.39 is 5.97 Å². The zero-order valence-corrected chi connectivity index (χ0v) is 12.3. The number of benzene rings is 2. The first kappa shape index (κ1) is 14.4. The maximum absolute atomic E-state index is 11.1. The third kappa shape index (κ3) is 2.78. The molecule has 0 saturated carbocycles. The monoisotopic (exact) mass is 290 g/mol. The Labute approximate surface area is 122 Å². The Bertz CT molecular complexity index is 678. The van der Waals surface area contributed by atoms with Gasteiger partial charge < -0.3 is 9.84 Å². The van der Waals surface area contributed by atoms with Gasteiger partial charge in [0, 0.05) is 5.02 Å². The van der Waals surface area contributed by atoms with E-state index in [1.807, 2.05) is 26.0 Å². The molecule has 20 heavy (non-hydrogen) atoms. The van der Waals surface area contributed by atoms with Gasteiger partial charge in [0.2, 0.25) is 0 Å². The molecule has 2 aromatic carbocycles. The summed E-state index contributed by atoms with van der Waals surface area (Å²) in [5.41, 5.74) is 3.92. The van der Waals surface area contributed by atoms with Crippen molar-refractivity contribution in [1.82, 2.24) is 0 Å². The molecule has 0 unspecified atom stereocenters. The lowest BCUT2D eigenvalue weighted by atomic mass is 9.96. The third-order valence-electron chi connectivity index (χ3n) is 3.20. The molecule has 0 amide bonds. The van der Waals surface area contributed by atoms with Crippen molar-refractivity contribution in [2.45, 2.75) is 13.8 Å². The summed E-state index contributed by atoms with van der Waals surface area (Å²) in [6.07, 6.45) is 0. The molecule has 104 valence electrons. The summed E-state index contributed by atoms with van der Waals surface area (Å²) >= 11 is 6.01. The Morgan fingerprint density at radius 2 is 1.80 bits per heavy atom. The molecule has 0 aliphatic rings. The van der Waals surface area contributed by atoms with E-state index in [1.54, 1.807) is 19.2 Å². The van der Waals surface area contributed by atoms with Crippen LogP contribution in [0, 0.1) is 13.8 Å². The van der Waals surface area contributed by atoms with Crippen LogP contribution in [0.1, 0.15) is 21.5 Å². The van der Waals surface area contributed by atoms with Crippen molar-refractivity contribution in [3.05, 3.63) is 52.0 Å².